The molecule has 0 spiro atoms. The summed E-state index contributed by atoms with van der Waals surface area (Å²) in [6.45, 7) is 6.96. The van der Waals surface area contributed by atoms with E-state index in [0.717, 1.165) is 31.7 Å². The molecule has 0 radical (unpaired) electrons. The number of rotatable bonds is 6. The van der Waals surface area contributed by atoms with Crippen LogP contribution in [0.2, 0.25) is 0 Å². The van der Waals surface area contributed by atoms with E-state index in [1.807, 2.05) is 38.1 Å². The zero-order valence-electron chi connectivity index (χ0n) is 13.8. The third-order valence-electron chi connectivity index (χ3n) is 3.95. The molecule has 1 aromatic rings. The second-order valence-electron chi connectivity index (χ2n) is 5.52. The van der Waals surface area contributed by atoms with Gasteiger partial charge in [0.25, 0.3) is 5.91 Å². The van der Waals surface area contributed by atoms with Gasteiger partial charge in [-0.1, -0.05) is 0 Å². The van der Waals surface area contributed by atoms with Crippen LogP contribution in [0.15, 0.2) is 24.3 Å². The molecule has 5 nitrogen and oxygen atoms in total. The molecule has 2 rings (SSSR count). The van der Waals surface area contributed by atoms with E-state index in [9.17, 15) is 4.79 Å². The minimum absolute atomic E-state index is 0.0561. The van der Waals surface area contributed by atoms with E-state index in [4.69, 9.17) is 17.0 Å². The topological polar surface area (TPSA) is 53.6 Å². The molecule has 1 fully saturated rings. The summed E-state index contributed by atoms with van der Waals surface area (Å²) in [5.74, 6) is 0.0561. The molecular formula is C17H25N3O2S. The van der Waals surface area contributed by atoms with Crippen LogP contribution in [-0.2, 0) is 4.74 Å². The highest BCUT2D eigenvalue weighted by molar-refractivity contribution is 7.80. The molecule has 1 saturated heterocycles. The summed E-state index contributed by atoms with van der Waals surface area (Å²) in [6.07, 6.45) is 2.45. The first-order chi connectivity index (χ1) is 11.1. The van der Waals surface area contributed by atoms with E-state index >= 15 is 0 Å². The van der Waals surface area contributed by atoms with Gasteiger partial charge in [-0.3, -0.25) is 4.79 Å². The number of hydrogen-bond acceptors (Lipinski definition) is 3. The number of thiocarbonyl (C=S) groups is 1. The van der Waals surface area contributed by atoms with Crippen molar-refractivity contribution in [3.05, 3.63) is 29.8 Å². The van der Waals surface area contributed by atoms with Crippen molar-refractivity contribution < 1.29 is 9.53 Å². The highest BCUT2D eigenvalue weighted by Crippen LogP contribution is 2.13. The summed E-state index contributed by atoms with van der Waals surface area (Å²) in [4.78, 5) is 14.0. The van der Waals surface area contributed by atoms with Crippen LogP contribution in [0, 0.1) is 0 Å². The maximum absolute atomic E-state index is 12.2. The van der Waals surface area contributed by atoms with Crippen molar-refractivity contribution in [2.24, 2.45) is 0 Å². The molecular weight excluding hydrogens is 310 g/mol. The molecule has 0 aromatic heterocycles. The summed E-state index contributed by atoms with van der Waals surface area (Å²) in [6, 6.07) is 7.39. The first kappa shape index (κ1) is 17.7. The Hall–Kier alpha value is -1.66. The number of hydrogen-bond donors (Lipinski definition) is 2. The highest BCUT2D eigenvalue weighted by atomic mass is 32.1. The van der Waals surface area contributed by atoms with Crippen molar-refractivity contribution in [3.8, 4) is 0 Å². The lowest BCUT2D eigenvalue weighted by Crippen LogP contribution is -2.34. The first-order valence-corrected chi connectivity index (χ1v) is 8.60. The van der Waals surface area contributed by atoms with Crippen LogP contribution in [0.25, 0.3) is 0 Å². The Balaban J connectivity index is 1.84. The van der Waals surface area contributed by atoms with Crippen molar-refractivity contribution in [1.29, 1.82) is 0 Å². The fourth-order valence-corrected chi connectivity index (χ4v) is 2.78. The molecule has 2 N–H and O–H groups in total. The van der Waals surface area contributed by atoms with Gasteiger partial charge >= 0.3 is 0 Å². The average molecular weight is 335 g/mol. The van der Waals surface area contributed by atoms with Gasteiger partial charge in [-0.15, -0.1) is 0 Å². The number of nitrogens with one attached hydrogen (secondary N) is 2. The Morgan fingerprint density at radius 3 is 2.57 bits per heavy atom. The number of carbonyl (C=O) groups is 1. The molecule has 1 atom stereocenters. The minimum atomic E-state index is 0.0561. The van der Waals surface area contributed by atoms with Crippen LogP contribution < -0.4 is 10.6 Å². The van der Waals surface area contributed by atoms with E-state index in [1.54, 1.807) is 4.90 Å². The highest BCUT2D eigenvalue weighted by Gasteiger charge is 2.15. The Labute approximate surface area is 143 Å². The van der Waals surface area contributed by atoms with Crippen molar-refractivity contribution in [2.45, 2.75) is 32.8 Å². The van der Waals surface area contributed by atoms with E-state index in [1.165, 1.54) is 0 Å². The van der Waals surface area contributed by atoms with Gasteiger partial charge in [-0.05, 0) is 63.2 Å². The molecule has 23 heavy (non-hydrogen) atoms. The van der Waals surface area contributed by atoms with Crippen molar-refractivity contribution in [1.82, 2.24) is 10.2 Å². The number of nitrogens with zero attached hydrogens (tertiary/aromatic N) is 1. The minimum Gasteiger partial charge on any atom is -0.376 e. The zero-order chi connectivity index (χ0) is 16.7. The van der Waals surface area contributed by atoms with Crippen molar-refractivity contribution in [2.75, 3.05) is 31.6 Å². The second-order valence-corrected chi connectivity index (χ2v) is 5.93. The van der Waals surface area contributed by atoms with Gasteiger partial charge in [0.1, 0.15) is 0 Å². The number of anilines is 1. The maximum Gasteiger partial charge on any atom is 0.253 e. The number of ether oxygens (including phenoxy) is 1. The standard InChI is InChI=1S/C17H25N3O2S/c1-3-20(4-2)16(21)13-7-9-14(10-8-13)19-17(23)18-12-15-6-5-11-22-15/h7-10,15H,3-6,11-12H2,1-2H3,(H2,18,19,23)/t15-/m0/s1. The molecule has 0 bridgehead atoms. The van der Waals surface area contributed by atoms with Crippen LogP contribution in [0.5, 0.6) is 0 Å². The van der Waals surface area contributed by atoms with E-state index in [-0.39, 0.29) is 12.0 Å². The zero-order valence-corrected chi connectivity index (χ0v) is 14.6. The van der Waals surface area contributed by atoms with Crippen LogP contribution in [0.1, 0.15) is 37.0 Å². The van der Waals surface area contributed by atoms with Gasteiger partial charge in [-0.25, -0.2) is 0 Å². The van der Waals surface area contributed by atoms with Crippen LogP contribution in [-0.4, -0.2) is 48.3 Å². The molecule has 0 unspecified atom stereocenters. The first-order valence-electron chi connectivity index (χ1n) is 8.19. The Bertz CT molecular complexity index is 523. The Morgan fingerprint density at radius 1 is 1.30 bits per heavy atom. The summed E-state index contributed by atoms with van der Waals surface area (Å²) in [5, 5.41) is 6.87. The van der Waals surface area contributed by atoms with E-state index in [0.29, 0.717) is 23.8 Å². The van der Waals surface area contributed by atoms with Crippen LogP contribution in [0.3, 0.4) is 0 Å². The Morgan fingerprint density at radius 2 is 2.00 bits per heavy atom. The number of benzene rings is 1. The van der Waals surface area contributed by atoms with E-state index in [2.05, 4.69) is 10.6 Å². The monoisotopic (exact) mass is 335 g/mol. The van der Waals surface area contributed by atoms with Gasteiger partial charge in [0, 0.05) is 37.5 Å². The molecule has 1 aromatic carbocycles. The molecule has 1 aliphatic heterocycles. The van der Waals surface area contributed by atoms with Gasteiger partial charge in [-0.2, -0.15) is 0 Å². The number of carbonyl (C=O) groups excluding carboxylic acids is 1. The van der Waals surface area contributed by atoms with Gasteiger partial charge in [0.2, 0.25) is 0 Å². The average Bonchev–Trinajstić information content (AvgIpc) is 3.08. The largest absolute Gasteiger partial charge is 0.376 e. The molecule has 1 aliphatic rings. The lowest BCUT2D eigenvalue weighted by Gasteiger charge is -2.19. The molecule has 6 heteroatoms. The SMILES string of the molecule is CCN(CC)C(=O)c1ccc(NC(=S)NC[C@@H]2CCCO2)cc1. The van der Waals surface area contributed by atoms with Crippen molar-refractivity contribution in [3.63, 3.8) is 0 Å². The Kier molecular flexibility index (Phi) is 6.80. The smallest absolute Gasteiger partial charge is 0.253 e. The summed E-state index contributed by atoms with van der Waals surface area (Å²) in [5.41, 5.74) is 1.56. The van der Waals surface area contributed by atoms with Gasteiger partial charge in [0.05, 0.1) is 6.10 Å². The van der Waals surface area contributed by atoms with Gasteiger partial charge in [0.15, 0.2) is 5.11 Å². The third-order valence-corrected chi connectivity index (χ3v) is 4.20. The predicted molar refractivity (Wildman–Crippen MR) is 96.9 cm³/mol. The lowest BCUT2D eigenvalue weighted by molar-refractivity contribution is 0.0773. The van der Waals surface area contributed by atoms with Crippen LogP contribution in [0.4, 0.5) is 5.69 Å². The van der Waals surface area contributed by atoms with Crippen molar-refractivity contribution >= 4 is 28.9 Å². The molecule has 0 aliphatic carbocycles. The quantitative estimate of drug-likeness (QED) is 0.783. The molecule has 126 valence electrons. The van der Waals surface area contributed by atoms with Gasteiger partial charge < -0.3 is 20.3 Å². The third kappa shape index (κ3) is 5.18. The molecule has 0 saturated carbocycles. The lowest BCUT2D eigenvalue weighted by atomic mass is 10.2. The fraction of sp³-hybridized carbons (Fsp3) is 0.529. The predicted octanol–water partition coefficient (Wildman–Crippen LogP) is 2.63. The molecule has 1 heterocycles. The summed E-state index contributed by atoms with van der Waals surface area (Å²) >= 11 is 5.28. The number of amides is 1. The maximum atomic E-state index is 12.2. The molecule has 1 amide bonds. The summed E-state index contributed by atoms with van der Waals surface area (Å²) < 4.78 is 5.55. The normalized spacial score (nSPS) is 16.9. The van der Waals surface area contributed by atoms with Crippen LogP contribution >= 0.6 is 12.2 Å². The fourth-order valence-electron chi connectivity index (χ4n) is 2.58. The summed E-state index contributed by atoms with van der Waals surface area (Å²) in [7, 11) is 0. The second kappa shape index (κ2) is 8.84. The van der Waals surface area contributed by atoms with E-state index < -0.39 is 0 Å².